The minimum atomic E-state index is -0.698. The quantitative estimate of drug-likeness (QED) is 0.323. The summed E-state index contributed by atoms with van der Waals surface area (Å²) < 4.78 is 17.2. The predicted molar refractivity (Wildman–Crippen MR) is 93.3 cm³/mol. The van der Waals surface area contributed by atoms with E-state index in [0.717, 1.165) is 5.57 Å². The van der Waals surface area contributed by atoms with Crippen LogP contribution >= 0.6 is 0 Å². The topological polar surface area (TPSA) is 106 Å². The fourth-order valence-corrected chi connectivity index (χ4v) is 4.99. The fraction of sp³-hybridized carbons (Fsp3) is 0.600. The molecule has 3 fully saturated rings. The van der Waals surface area contributed by atoms with Crippen LogP contribution in [0.15, 0.2) is 35.5 Å². The molecule has 2 aliphatic carbocycles. The van der Waals surface area contributed by atoms with Gasteiger partial charge in [-0.2, -0.15) is 0 Å². The lowest BCUT2D eigenvalue weighted by atomic mass is 9.77. The smallest absolute Gasteiger partial charge is 0.334 e. The molecule has 1 spiro atoms. The van der Waals surface area contributed by atoms with Gasteiger partial charge in [-0.1, -0.05) is 18.2 Å². The third-order valence-corrected chi connectivity index (χ3v) is 6.38. The number of esters is 2. The SMILES string of the molecule is C=C1C(=O)O[C@@H]2[C@H]3C(C)=C[C@@H](O)[C@H]3[C@@]3(CO3)C[C@@H](OC(=O)/C(C)=C/CO)[C@@H]12. The van der Waals surface area contributed by atoms with Crippen molar-refractivity contribution in [3.63, 3.8) is 0 Å². The van der Waals surface area contributed by atoms with Crippen LogP contribution in [0.5, 0.6) is 0 Å². The first-order chi connectivity index (χ1) is 12.8. The zero-order valence-corrected chi connectivity index (χ0v) is 15.4. The van der Waals surface area contributed by atoms with Gasteiger partial charge in [-0.05, 0) is 19.9 Å². The van der Waals surface area contributed by atoms with E-state index in [1.54, 1.807) is 13.0 Å². The molecule has 4 rings (SSSR count). The molecule has 0 aromatic rings. The van der Waals surface area contributed by atoms with Gasteiger partial charge in [-0.15, -0.1) is 0 Å². The second-order valence-corrected chi connectivity index (χ2v) is 7.94. The van der Waals surface area contributed by atoms with Gasteiger partial charge in [0.15, 0.2) is 0 Å². The summed E-state index contributed by atoms with van der Waals surface area (Å²) in [7, 11) is 0. The monoisotopic (exact) mass is 376 g/mol. The molecule has 2 N–H and O–H groups in total. The largest absolute Gasteiger partial charge is 0.458 e. The van der Waals surface area contributed by atoms with Gasteiger partial charge in [-0.25, -0.2) is 9.59 Å². The van der Waals surface area contributed by atoms with Crippen LogP contribution in [0.3, 0.4) is 0 Å². The second-order valence-electron chi connectivity index (χ2n) is 7.94. The van der Waals surface area contributed by atoms with E-state index in [-0.39, 0.29) is 29.6 Å². The molecule has 27 heavy (non-hydrogen) atoms. The number of carbonyl (C=O) groups is 2. The Balaban J connectivity index is 1.71. The maximum absolute atomic E-state index is 12.4. The average molecular weight is 376 g/mol. The summed E-state index contributed by atoms with van der Waals surface area (Å²) in [6, 6.07) is 0. The Hall–Kier alpha value is -1.96. The van der Waals surface area contributed by atoms with Gasteiger partial charge in [0.25, 0.3) is 0 Å². The molecule has 1 saturated carbocycles. The Morgan fingerprint density at radius 3 is 2.81 bits per heavy atom. The number of hydrogen-bond donors (Lipinski definition) is 2. The molecule has 0 bridgehead atoms. The summed E-state index contributed by atoms with van der Waals surface area (Å²) in [5.74, 6) is -1.99. The first kappa shape index (κ1) is 18.4. The van der Waals surface area contributed by atoms with Crippen molar-refractivity contribution < 1.29 is 34.0 Å². The van der Waals surface area contributed by atoms with Crippen molar-refractivity contribution in [2.24, 2.45) is 17.8 Å². The molecule has 7 heteroatoms. The zero-order valence-electron chi connectivity index (χ0n) is 15.4. The van der Waals surface area contributed by atoms with E-state index in [2.05, 4.69) is 6.58 Å². The van der Waals surface area contributed by atoms with Gasteiger partial charge in [0.05, 0.1) is 25.2 Å². The summed E-state index contributed by atoms with van der Waals surface area (Å²) in [6.07, 6.45) is 1.63. The number of fused-ring (bicyclic) bond motifs is 4. The number of epoxide rings is 1. The maximum atomic E-state index is 12.4. The van der Waals surface area contributed by atoms with Crippen LogP contribution in [0.2, 0.25) is 0 Å². The van der Waals surface area contributed by atoms with Crippen molar-refractivity contribution in [3.8, 4) is 0 Å². The molecule has 0 unspecified atom stereocenters. The van der Waals surface area contributed by atoms with Crippen LogP contribution in [-0.2, 0) is 23.8 Å². The van der Waals surface area contributed by atoms with E-state index in [4.69, 9.17) is 19.3 Å². The number of aliphatic hydroxyl groups excluding tert-OH is 2. The van der Waals surface area contributed by atoms with E-state index in [0.29, 0.717) is 13.0 Å². The highest BCUT2D eigenvalue weighted by Gasteiger charge is 2.67. The molecule has 7 nitrogen and oxygen atoms in total. The Kier molecular flexibility index (Phi) is 4.29. The number of rotatable bonds is 3. The maximum Gasteiger partial charge on any atom is 0.334 e. The zero-order chi connectivity index (χ0) is 19.5. The lowest BCUT2D eigenvalue weighted by Gasteiger charge is -2.30. The van der Waals surface area contributed by atoms with Crippen molar-refractivity contribution in [3.05, 3.63) is 35.5 Å². The Morgan fingerprint density at radius 1 is 1.48 bits per heavy atom. The average Bonchev–Trinajstić information content (AvgIpc) is 3.24. The molecule has 146 valence electrons. The van der Waals surface area contributed by atoms with Crippen LogP contribution in [0.4, 0.5) is 0 Å². The Labute approximate surface area is 157 Å². The van der Waals surface area contributed by atoms with Crippen molar-refractivity contribution >= 4 is 11.9 Å². The van der Waals surface area contributed by atoms with Crippen LogP contribution in [0.25, 0.3) is 0 Å². The highest BCUT2D eigenvalue weighted by Crippen LogP contribution is 2.58. The number of hydrogen-bond acceptors (Lipinski definition) is 7. The minimum absolute atomic E-state index is 0.200. The molecular formula is C20H24O7. The normalized spacial score (nSPS) is 43.0. The fourth-order valence-electron chi connectivity index (χ4n) is 4.99. The molecule has 7 atom stereocenters. The van der Waals surface area contributed by atoms with Crippen LogP contribution < -0.4 is 0 Å². The molecule has 0 radical (unpaired) electrons. The van der Waals surface area contributed by atoms with Crippen LogP contribution in [0.1, 0.15) is 20.3 Å². The van der Waals surface area contributed by atoms with Crippen molar-refractivity contribution in [1.82, 2.24) is 0 Å². The molecule has 4 aliphatic rings. The number of aliphatic hydroxyl groups is 2. The van der Waals surface area contributed by atoms with Crippen molar-refractivity contribution in [1.29, 1.82) is 0 Å². The first-order valence-corrected chi connectivity index (χ1v) is 9.18. The predicted octanol–water partition coefficient (Wildman–Crippen LogP) is 0.660. The highest BCUT2D eigenvalue weighted by molar-refractivity contribution is 5.92. The van der Waals surface area contributed by atoms with Crippen LogP contribution in [0, 0.1) is 17.8 Å². The molecule has 0 aromatic carbocycles. The summed E-state index contributed by atoms with van der Waals surface area (Å²) >= 11 is 0. The Morgan fingerprint density at radius 2 is 2.19 bits per heavy atom. The third-order valence-electron chi connectivity index (χ3n) is 6.38. The van der Waals surface area contributed by atoms with Gasteiger partial charge in [-0.3, -0.25) is 0 Å². The summed E-state index contributed by atoms with van der Waals surface area (Å²) in [5.41, 5.74) is 0.918. The highest BCUT2D eigenvalue weighted by atomic mass is 16.6. The Bertz CT molecular complexity index is 760. The van der Waals surface area contributed by atoms with E-state index in [9.17, 15) is 14.7 Å². The van der Waals surface area contributed by atoms with Gasteiger partial charge in [0.1, 0.15) is 17.8 Å². The van der Waals surface area contributed by atoms with E-state index in [1.807, 2.05) is 6.92 Å². The van der Waals surface area contributed by atoms with Gasteiger partial charge < -0.3 is 24.4 Å². The molecule has 2 heterocycles. The molecule has 0 aromatic heterocycles. The summed E-state index contributed by atoms with van der Waals surface area (Å²) in [5, 5.41) is 19.6. The second kappa shape index (κ2) is 6.29. The molecule has 2 aliphatic heterocycles. The molecule has 2 saturated heterocycles. The van der Waals surface area contributed by atoms with Gasteiger partial charge in [0.2, 0.25) is 0 Å². The first-order valence-electron chi connectivity index (χ1n) is 9.18. The van der Waals surface area contributed by atoms with Gasteiger partial charge >= 0.3 is 11.9 Å². The molecular weight excluding hydrogens is 352 g/mol. The van der Waals surface area contributed by atoms with E-state index < -0.39 is 41.8 Å². The minimum Gasteiger partial charge on any atom is -0.458 e. The van der Waals surface area contributed by atoms with E-state index >= 15 is 0 Å². The van der Waals surface area contributed by atoms with Crippen molar-refractivity contribution in [2.45, 2.75) is 44.2 Å². The van der Waals surface area contributed by atoms with E-state index in [1.165, 1.54) is 6.08 Å². The van der Waals surface area contributed by atoms with Crippen molar-refractivity contribution in [2.75, 3.05) is 13.2 Å². The lowest BCUT2D eigenvalue weighted by Crippen LogP contribution is -2.39. The van der Waals surface area contributed by atoms with Crippen LogP contribution in [-0.4, -0.2) is 59.3 Å². The summed E-state index contributed by atoms with van der Waals surface area (Å²) in [6.45, 7) is 7.56. The number of ether oxygens (including phenoxy) is 3. The number of carbonyl (C=O) groups excluding carboxylic acids is 2. The lowest BCUT2D eigenvalue weighted by molar-refractivity contribution is -0.148. The standard InChI is InChI=1S/C20H24O7/c1-9(4-5-21)18(23)26-13-7-20(8-25-20)16-12(22)6-10(2)14(16)17-15(13)11(3)19(24)27-17/h4,6,12-17,21-22H,3,5,7-8H2,1-2H3/b9-4+/t12-,13-,14+,15-,16-,17-,20+/m1/s1. The third kappa shape index (κ3) is 2.76. The summed E-state index contributed by atoms with van der Waals surface area (Å²) in [4.78, 5) is 24.7. The molecule has 0 amide bonds. The van der Waals surface area contributed by atoms with Gasteiger partial charge in [0, 0.05) is 29.4 Å².